The van der Waals surface area contributed by atoms with Crippen molar-refractivity contribution in [3.8, 4) is 0 Å². The number of rotatable bonds is 9. The Kier molecular flexibility index (Phi) is 8.17. The normalized spacial score (nSPS) is 14.7. The molecule has 0 fully saturated rings. The largest absolute Gasteiger partial charge is 0.396 e. The highest BCUT2D eigenvalue weighted by atomic mass is 16.3. The van der Waals surface area contributed by atoms with Gasteiger partial charge in [0.15, 0.2) is 0 Å². The van der Waals surface area contributed by atoms with Crippen LogP contribution in [0, 0.1) is 0 Å². The maximum Gasteiger partial charge on any atom is 0.220 e. The van der Waals surface area contributed by atoms with Crippen molar-refractivity contribution in [1.82, 2.24) is 10.6 Å². The molecule has 4 nitrogen and oxygen atoms in total. The first-order valence-corrected chi connectivity index (χ1v) is 6.59. The lowest BCUT2D eigenvalue weighted by Gasteiger charge is -2.29. The van der Waals surface area contributed by atoms with Crippen LogP contribution in [0.3, 0.4) is 0 Å². The van der Waals surface area contributed by atoms with Crippen LogP contribution in [0.5, 0.6) is 0 Å². The topological polar surface area (TPSA) is 61.4 Å². The third kappa shape index (κ3) is 8.16. The number of nitrogens with one attached hydrogen (secondary N) is 2. The van der Waals surface area contributed by atoms with E-state index in [4.69, 9.17) is 5.11 Å². The van der Waals surface area contributed by atoms with Crippen LogP contribution in [-0.2, 0) is 4.79 Å². The number of amides is 1. The van der Waals surface area contributed by atoms with Gasteiger partial charge in [-0.1, -0.05) is 20.8 Å². The lowest BCUT2D eigenvalue weighted by molar-refractivity contribution is -0.123. The van der Waals surface area contributed by atoms with Crippen LogP contribution in [0.2, 0.25) is 0 Å². The van der Waals surface area contributed by atoms with Crippen LogP contribution < -0.4 is 10.6 Å². The lowest BCUT2D eigenvalue weighted by Crippen LogP contribution is -2.46. The van der Waals surface area contributed by atoms with E-state index in [-0.39, 0.29) is 18.1 Å². The van der Waals surface area contributed by atoms with E-state index in [0.717, 1.165) is 19.4 Å². The molecule has 1 amide bonds. The van der Waals surface area contributed by atoms with Crippen LogP contribution in [0.1, 0.15) is 53.4 Å². The highest BCUT2D eigenvalue weighted by Gasteiger charge is 2.22. The van der Waals surface area contributed by atoms with Gasteiger partial charge in [0.05, 0.1) is 0 Å². The standard InChI is InChI=1S/C13H28N2O2/c1-5-13(4,8-10-16)15-12(17)7-6-9-14-11(2)3/h11,14,16H,5-10H2,1-4H3,(H,15,17). The highest BCUT2D eigenvalue weighted by Crippen LogP contribution is 2.13. The van der Waals surface area contributed by atoms with Crippen LogP contribution in [0.4, 0.5) is 0 Å². The molecule has 0 aromatic heterocycles. The fourth-order valence-electron chi connectivity index (χ4n) is 1.61. The Balaban J connectivity index is 3.83. The first-order valence-electron chi connectivity index (χ1n) is 6.59. The third-order valence-corrected chi connectivity index (χ3v) is 3.02. The quantitative estimate of drug-likeness (QED) is 0.538. The van der Waals surface area contributed by atoms with Gasteiger partial charge in [0.1, 0.15) is 0 Å². The van der Waals surface area contributed by atoms with E-state index in [0.29, 0.717) is 18.9 Å². The summed E-state index contributed by atoms with van der Waals surface area (Å²) < 4.78 is 0. The number of carbonyl (C=O) groups excluding carboxylic acids is 1. The maximum atomic E-state index is 11.7. The molecule has 0 heterocycles. The minimum absolute atomic E-state index is 0.0772. The van der Waals surface area contributed by atoms with Crippen molar-refractivity contribution >= 4 is 5.91 Å². The van der Waals surface area contributed by atoms with Gasteiger partial charge in [0, 0.05) is 24.6 Å². The molecule has 0 saturated heterocycles. The Morgan fingerprint density at radius 3 is 2.53 bits per heavy atom. The summed E-state index contributed by atoms with van der Waals surface area (Å²) in [6.45, 7) is 9.17. The SMILES string of the molecule is CCC(C)(CCO)NC(=O)CCCNC(C)C. The van der Waals surface area contributed by atoms with Gasteiger partial charge in [-0.3, -0.25) is 4.79 Å². The van der Waals surface area contributed by atoms with Crippen LogP contribution >= 0.6 is 0 Å². The summed E-state index contributed by atoms with van der Waals surface area (Å²) in [5.41, 5.74) is -0.267. The van der Waals surface area contributed by atoms with Gasteiger partial charge < -0.3 is 15.7 Å². The number of hydrogen-bond donors (Lipinski definition) is 3. The molecule has 0 radical (unpaired) electrons. The molecule has 0 bridgehead atoms. The van der Waals surface area contributed by atoms with Crippen molar-refractivity contribution in [1.29, 1.82) is 0 Å². The van der Waals surface area contributed by atoms with E-state index in [1.807, 2.05) is 13.8 Å². The maximum absolute atomic E-state index is 11.7. The van der Waals surface area contributed by atoms with Gasteiger partial charge in [-0.05, 0) is 32.7 Å². The van der Waals surface area contributed by atoms with E-state index in [1.54, 1.807) is 0 Å². The fraction of sp³-hybridized carbons (Fsp3) is 0.923. The monoisotopic (exact) mass is 244 g/mol. The first kappa shape index (κ1) is 16.4. The smallest absolute Gasteiger partial charge is 0.220 e. The molecule has 0 aromatic carbocycles. The zero-order valence-corrected chi connectivity index (χ0v) is 11.7. The van der Waals surface area contributed by atoms with E-state index >= 15 is 0 Å². The van der Waals surface area contributed by atoms with Crippen molar-refractivity contribution in [2.24, 2.45) is 0 Å². The van der Waals surface area contributed by atoms with Gasteiger partial charge in [0.2, 0.25) is 5.91 Å². The predicted molar refractivity (Wildman–Crippen MR) is 70.9 cm³/mol. The predicted octanol–water partition coefficient (Wildman–Crippen LogP) is 1.43. The number of carbonyl (C=O) groups is 1. The third-order valence-electron chi connectivity index (χ3n) is 3.02. The molecule has 0 spiro atoms. The van der Waals surface area contributed by atoms with E-state index < -0.39 is 0 Å². The van der Waals surface area contributed by atoms with E-state index in [9.17, 15) is 4.79 Å². The molecule has 0 rings (SSSR count). The van der Waals surface area contributed by atoms with Crippen molar-refractivity contribution in [2.75, 3.05) is 13.2 Å². The zero-order chi connectivity index (χ0) is 13.3. The van der Waals surface area contributed by atoms with Crippen LogP contribution in [-0.4, -0.2) is 35.7 Å². The van der Waals surface area contributed by atoms with E-state index in [1.165, 1.54) is 0 Å². The molecule has 1 unspecified atom stereocenters. The Bertz CT molecular complexity index is 219. The minimum Gasteiger partial charge on any atom is -0.396 e. The summed E-state index contributed by atoms with van der Waals surface area (Å²) in [5, 5.41) is 15.2. The number of hydrogen-bond acceptors (Lipinski definition) is 3. The van der Waals surface area contributed by atoms with Crippen molar-refractivity contribution in [3.63, 3.8) is 0 Å². The molecule has 0 aromatic rings. The molecular formula is C13H28N2O2. The molecule has 0 saturated carbocycles. The zero-order valence-electron chi connectivity index (χ0n) is 11.7. The lowest BCUT2D eigenvalue weighted by atomic mass is 9.94. The summed E-state index contributed by atoms with van der Waals surface area (Å²) in [6, 6.07) is 0.466. The van der Waals surface area contributed by atoms with Crippen molar-refractivity contribution in [3.05, 3.63) is 0 Å². The van der Waals surface area contributed by atoms with Crippen molar-refractivity contribution in [2.45, 2.75) is 65.0 Å². The molecule has 0 aliphatic heterocycles. The first-order chi connectivity index (χ1) is 7.93. The second kappa shape index (κ2) is 8.48. The fourth-order valence-corrected chi connectivity index (χ4v) is 1.61. The average Bonchev–Trinajstić information content (AvgIpc) is 2.24. The Morgan fingerprint density at radius 1 is 1.41 bits per heavy atom. The second-order valence-corrected chi connectivity index (χ2v) is 5.15. The molecule has 0 aliphatic carbocycles. The highest BCUT2D eigenvalue weighted by molar-refractivity contribution is 5.76. The van der Waals surface area contributed by atoms with E-state index in [2.05, 4.69) is 24.5 Å². The molecular weight excluding hydrogens is 216 g/mol. The second-order valence-electron chi connectivity index (χ2n) is 5.15. The van der Waals surface area contributed by atoms with Crippen LogP contribution in [0.25, 0.3) is 0 Å². The van der Waals surface area contributed by atoms with Gasteiger partial charge in [-0.2, -0.15) is 0 Å². The Labute approximate surface area is 105 Å². The molecule has 17 heavy (non-hydrogen) atoms. The number of aliphatic hydroxyl groups excluding tert-OH is 1. The summed E-state index contributed by atoms with van der Waals surface area (Å²) in [5.74, 6) is 0.0772. The Hall–Kier alpha value is -0.610. The molecule has 0 aliphatic rings. The average molecular weight is 244 g/mol. The summed E-state index contributed by atoms with van der Waals surface area (Å²) in [7, 11) is 0. The summed E-state index contributed by atoms with van der Waals surface area (Å²) in [6.07, 6.45) is 2.84. The molecule has 102 valence electrons. The van der Waals surface area contributed by atoms with Gasteiger partial charge in [0.25, 0.3) is 0 Å². The summed E-state index contributed by atoms with van der Waals surface area (Å²) >= 11 is 0. The Morgan fingerprint density at radius 2 is 2.06 bits per heavy atom. The molecule has 3 N–H and O–H groups in total. The summed E-state index contributed by atoms with van der Waals surface area (Å²) in [4.78, 5) is 11.7. The molecule has 1 atom stereocenters. The van der Waals surface area contributed by atoms with Crippen LogP contribution in [0.15, 0.2) is 0 Å². The van der Waals surface area contributed by atoms with Gasteiger partial charge in [-0.25, -0.2) is 0 Å². The minimum atomic E-state index is -0.267. The van der Waals surface area contributed by atoms with Gasteiger partial charge in [-0.15, -0.1) is 0 Å². The van der Waals surface area contributed by atoms with Crippen molar-refractivity contribution < 1.29 is 9.90 Å². The molecule has 4 heteroatoms. The number of aliphatic hydroxyl groups is 1. The van der Waals surface area contributed by atoms with Gasteiger partial charge >= 0.3 is 0 Å².